The summed E-state index contributed by atoms with van der Waals surface area (Å²) in [6.07, 6.45) is 0. The number of nitrogens with zero attached hydrogens (tertiary/aromatic N) is 1. The Bertz CT molecular complexity index is 2700. The van der Waals surface area contributed by atoms with Crippen LogP contribution in [0.4, 0.5) is 17.1 Å². The Labute approximate surface area is 280 Å². The molecule has 2 heterocycles. The van der Waals surface area contributed by atoms with Crippen LogP contribution >= 0.6 is 0 Å². The molecule has 0 atom stereocenters. The van der Waals surface area contributed by atoms with Crippen LogP contribution in [0.3, 0.4) is 0 Å². The SMILES string of the molecule is O=c1c2ccccc2oc2cc3oc4c(N(c5ccc(-c6ccccc6)cc5)c5ccc(-c6ccccc6)cc5)cccc4c(=O)c3cc12. The number of benzene rings is 7. The largest absolute Gasteiger partial charge is 0.456 e. The molecule has 9 aromatic rings. The first-order valence-electron chi connectivity index (χ1n) is 16.1. The van der Waals surface area contributed by atoms with Gasteiger partial charge in [-0.25, -0.2) is 0 Å². The van der Waals surface area contributed by atoms with E-state index in [1.165, 1.54) is 0 Å². The number of fused-ring (bicyclic) bond motifs is 4. The molecule has 232 valence electrons. The summed E-state index contributed by atoms with van der Waals surface area (Å²) in [6, 6.07) is 53.2. The minimum absolute atomic E-state index is 0.184. The van der Waals surface area contributed by atoms with Crippen LogP contribution in [0, 0.1) is 0 Å². The summed E-state index contributed by atoms with van der Waals surface area (Å²) in [5.74, 6) is 0. The summed E-state index contributed by atoms with van der Waals surface area (Å²) < 4.78 is 12.8. The molecule has 0 fully saturated rings. The molecular weight excluding hydrogens is 606 g/mol. The number of para-hydroxylation sites is 2. The van der Waals surface area contributed by atoms with Crippen LogP contribution < -0.4 is 15.8 Å². The molecule has 0 spiro atoms. The van der Waals surface area contributed by atoms with Crippen molar-refractivity contribution in [2.75, 3.05) is 4.90 Å². The van der Waals surface area contributed by atoms with Gasteiger partial charge in [0.2, 0.25) is 10.9 Å². The van der Waals surface area contributed by atoms with E-state index in [-0.39, 0.29) is 10.9 Å². The second-order valence-electron chi connectivity index (χ2n) is 12.0. The molecule has 0 N–H and O–H groups in total. The van der Waals surface area contributed by atoms with Gasteiger partial charge in [-0.15, -0.1) is 0 Å². The summed E-state index contributed by atoms with van der Waals surface area (Å²) in [7, 11) is 0. The van der Waals surface area contributed by atoms with E-state index in [1.54, 1.807) is 36.4 Å². The first kappa shape index (κ1) is 28.5. The maximum Gasteiger partial charge on any atom is 0.200 e. The van der Waals surface area contributed by atoms with Crippen molar-refractivity contribution in [2.45, 2.75) is 0 Å². The van der Waals surface area contributed by atoms with Gasteiger partial charge in [0.05, 0.1) is 27.2 Å². The van der Waals surface area contributed by atoms with Crippen molar-refractivity contribution in [1.29, 1.82) is 0 Å². The average molecular weight is 634 g/mol. The van der Waals surface area contributed by atoms with Gasteiger partial charge in [-0.3, -0.25) is 9.59 Å². The van der Waals surface area contributed by atoms with E-state index in [0.717, 1.165) is 33.6 Å². The van der Waals surface area contributed by atoms with Gasteiger partial charge < -0.3 is 13.7 Å². The Morgan fingerprint density at radius 3 is 1.47 bits per heavy atom. The van der Waals surface area contributed by atoms with Crippen LogP contribution in [-0.2, 0) is 0 Å². The molecule has 0 aliphatic rings. The highest BCUT2D eigenvalue weighted by molar-refractivity contribution is 6.03. The van der Waals surface area contributed by atoms with Crippen LogP contribution in [0.2, 0.25) is 0 Å². The van der Waals surface area contributed by atoms with Crippen molar-refractivity contribution in [3.8, 4) is 22.3 Å². The van der Waals surface area contributed by atoms with Crippen LogP contribution in [-0.4, -0.2) is 0 Å². The normalized spacial score (nSPS) is 11.4. The molecule has 2 aromatic heterocycles. The Morgan fingerprint density at radius 1 is 0.367 bits per heavy atom. The van der Waals surface area contributed by atoms with Crippen molar-refractivity contribution < 1.29 is 8.83 Å². The van der Waals surface area contributed by atoms with E-state index in [0.29, 0.717) is 49.6 Å². The van der Waals surface area contributed by atoms with Gasteiger partial charge in [0.15, 0.2) is 5.58 Å². The monoisotopic (exact) mass is 633 g/mol. The molecule has 7 aromatic carbocycles. The van der Waals surface area contributed by atoms with Crippen LogP contribution in [0.15, 0.2) is 182 Å². The lowest BCUT2D eigenvalue weighted by molar-refractivity contribution is 0.646. The van der Waals surface area contributed by atoms with Gasteiger partial charge in [0, 0.05) is 17.4 Å². The number of hydrogen-bond donors (Lipinski definition) is 0. The number of anilines is 3. The standard InChI is InChI=1S/C44H27NO4/c46-42-34-14-7-8-17-39(34)48-40-27-41-37(26-36(40)42)43(47)35-15-9-16-38(44(35)49-41)45(32-22-18-30(19-23-32)28-10-3-1-4-11-28)33-24-20-31(21-25-33)29-12-5-2-6-13-29/h1-27H. The molecule has 0 radical (unpaired) electrons. The zero-order chi connectivity index (χ0) is 32.9. The topological polar surface area (TPSA) is 63.7 Å². The quantitative estimate of drug-likeness (QED) is 0.177. The van der Waals surface area contributed by atoms with Gasteiger partial charge in [-0.2, -0.15) is 0 Å². The van der Waals surface area contributed by atoms with E-state index in [9.17, 15) is 9.59 Å². The van der Waals surface area contributed by atoms with Crippen LogP contribution in [0.25, 0.3) is 66.1 Å². The second-order valence-corrected chi connectivity index (χ2v) is 12.0. The lowest BCUT2D eigenvalue weighted by Gasteiger charge is -2.26. The highest BCUT2D eigenvalue weighted by Crippen LogP contribution is 2.40. The Hall–Kier alpha value is -6.72. The van der Waals surface area contributed by atoms with E-state index in [4.69, 9.17) is 8.83 Å². The Kier molecular flexibility index (Phi) is 6.69. The average Bonchev–Trinajstić information content (AvgIpc) is 3.16. The first-order chi connectivity index (χ1) is 24.1. The molecule has 0 amide bonds. The van der Waals surface area contributed by atoms with Crippen molar-refractivity contribution in [2.24, 2.45) is 0 Å². The lowest BCUT2D eigenvalue weighted by Crippen LogP contribution is -2.12. The molecule has 0 aliphatic carbocycles. The molecule has 0 aliphatic heterocycles. The zero-order valence-corrected chi connectivity index (χ0v) is 26.2. The summed E-state index contributed by atoms with van der Waals surface area (Å²) in [4.78, 5) is 29.6. The molecule has 49 heavy (non-hydrogen) atoms. The fourth-order valence-electron chi connectivity index (χ4n) is 6.63. The Balaban J connectivity index is 1.26. The third-order valence-electron chi connectivity index (χ3n) is 9.08. The fourth-order valence-corrected chi connectivity index (χ4v) is 6.63. The second kappa shape index (κ2) is 11.5. The van der Waals surface area contributed by atoms with Gasteiger partial charge in [0.25, 0.3) is 0 Å². The number of hydrogen-bond acceptors (Lipinski definition) is 5. The van der Waals surface area contributed by atoms with Gasteiger partial charge in [-0.1, -0.05) is 103 Å². The molecule has 5 heteroatoms. The minimum Gasteiger partial charge on any atom is -0.456 e. The van der Waals surface area contributed by atoms with Gasteiger partial charge in [-0.05, 0) is 76.9 Å². The van der Waals surface area contributed by atoms with E-state index in [2.05, 4.69) is 77.7 Å². The summed E-state index contributed by atoms with van der Waals surface area (Å²) in [6.45, 7) is 0. The van der Waals surface area contributed by atoms with Gasteiger partial charge >= 0.3 is 0 Å². The predicted molar refractivity (Wildman–Crippen MR) is 199 cm³/mol. The highest BCUT2D eigenvalue weighted by atomic mass is 16.3. The smallest absolute Gasteiger partial charge is 0.200 e. The molecule has 0 saturated heterocycles. The molecule has 0 bridgehead atoms. The fraction of sp³-hybridized carbons (Fsp3) is 0. The summed E-state index contributed by atoms with van der Waals surface area (Å²) in [5.41, 5.74) is 8.17. The third-order valence-corrected chi connectivity index (χ3v) is 9.08. The van der Waals surface area contributed by atoms with Crippen LogP contribution in [0.1, 0.15) is 0 Å². The third kappa shape index (κ3) is 4.88. The molecule has 0 saturated carbocycles. The van der Waals surface area contributed by atoms with Crippen molar-refractivity contribution >= 4 is 60.9 Å². The maximum atomic E-state index is 14.1. The van der Waals surface area contributed by atoms with Crippen LogP contribution in [0.5, 0.6) is 0 Å². The van der Waals surface area contributed by atoms with E-state index >= 15 is 0 Å². The Morgan fingerprint density at radius 2 is 0.857 bits per heavy atom. The lowest BCUT2D eigenvalue weighted by atomic mass is 10.0. The molecule has 0 unspecified atom stereocenters. The molecular formula is C44H27NO4. The van der Waals surface area contributed by atoms with E-state index in [1.807, 2.05) is 54.6 Å². The zero-order valence-electron chi connectivity index (χ0n) is 26.2. The summed E-state index contributed by atoms with van der Waals surface area (Å²) >= 11 is 0. The number of rotatable bonds is 5. The first-order valence-corrected chi connectivity index (χ1v) is 16.1. The maximum absolute atomic E-state index is 14.1. The predicted octanol–water partition coefficient (Wildman–Crippen LogP) is 11.0. The molecule has 5 nitrogen and oxygen atoms in total. The minimum atomic E-state index is -0.216. The van der Waals surface area contributed by atoms with Crippen molar-refractivity contribution in [3.63, 3.8) is 0 Å². The highest BCUT2D eigenvalue weighted by Gasteiger charge is 2.21. The van der Waals surface area contributed by atoms with E-state index < -0.39 is 0 Å². The van der Waals surface area contributed by atoms with Crippen molar-refractivity contribution in [3.05, 3.63) is 184 Å². The molecule has 9 rings (SSSR count). The summed E-state index contributed by atoms with van der Waals surface area (Å²) in [5, 5.41) is 1.55. The van der Waals surface area contributed by atoms with Crippen molar-refractivity contribution in [1.82, 2.24) is 0 Å². The van der Waals surface area contributed by atoms with Gasteiger partial charge in [0.1, 0.15) is 16.7 Å².